The van der Waals surface area contributed by atoms with Crippen LogP contribution in [-0.4, -0.2) is 18.5 Å². The number of carbonyl (C=O) groups is 1. The SMILES string of the molecule is O=C1C2CCC[NH+]2C(c2ccccc2F)N1c1ccc(F)cc1. The van der Waals surface area contributed by atoms with E-state index in [1.54, 1.807) is 35.2 Å². The lowest BCUT2D eigenvalue weighted by Gasteiger charge is -2.26. The smallest absolute Gasteiger partial charge is 0.290 e. The first-order chi connectivity index (χ1) is 11.2. The van der Waals surface area contributed by atoms with Crippen LogP contribution >= 0.6 is 0 Å². The van der Waals surface area contributed by atoms with E-state index < -0.39 is 0 Å². The van der Waals surface area contributed by atoms with E-state index in [0.29, 0.717) is 11.3 Å². The van der Waals surface area contributed by atoms with Gasteiger partial charge in [-0.3, -0.25) is 9.69 Å². The molecule has 1 N–H and O–H groups in total. The highest BCUT2D eigenvalue weighted by molar-refractivity contribution is 5.98. The van der Waals surface area contributed by atoms with Gasteiger partial charge in [0.1, 0.15) is 11.6 Å². The number of benzene rings is 2. The quantitative estimate of drug-likeness (QED) is 0.901. The van der Waals surface area contributed by atoms with Gasteiger partial charge in [0.15, 0.2) is 12.2 Å². The third-order valence-electron chi connectivity index (χ3n) is 4.86. The second-order valence-corrected chi connectivity index (χ2v) is 6.13. The van der Waals surface area contributed by atoms with Crippen LogP contribution in [0.5, 0.6) is 0 Å². The molecule has 3 atom stereocenters. The molecule has 0 saturated carbocycles. The van der Waals surface area contributed by atoms with Crippen molar-refractivity contribution in [3.05, 3.63) is 65.7 Å². The van der Waals surface area contributed by atoms with Gasteiger partial charge in [-0.1, -0.05) is 12.1 Å². The van der Waals surface area contributed by atoms with Gasteiger partial charge >= 0.3 is 0 Å². The molecule has 23 heavy (non-hydrogen) atoms. The van der Waals surface area contributed by atoms with Gasteiger partial charge < -0.3 is 4.90 Å². The Hall–Kier alpha value is -2.27. The predicted molar refractivity (Wildman–Crippen MR) is 81.9 cm³/mol. The molecule has 2 aromatic rings. The van der Waals surface area contributed by atoms with Crippen LogP contribution in [0.3, 0.4) is 0 Å². The fourth-order valence-corrected chi connectivity index (χ4v) is 3.85. The molecule has 1 amide bonds. The fourth-order valence-electron chi connectivity index (χ4n) is 3.85. The molecule has 2 fully saturated rings. The van der Waals surface area contributed by atoms with E-state index in [1.807, 2.05) is 0 Å². The van der Waals surface area contributed by atoms with E-state index >= 15 is 0 Å². The molecule has 0 aliphatic carbocycles. The highest BCUT2D eigenvalue weighted by Crippen LogP contribution is 2.31. The molecule has 0 bridgehead atoms. The van der Waals surface area contributed by atoms with E-state index in [0.717, 1.165) is 24.3 Å². The molecule has 3 nitrogen and oxygen atoms in total. The largest absolute Gasteiger partial charge is 0.301 e. The Balaban J connectivity index is 1.83. The number of anilines is 1. The summed E-state index contributed by atoms with van der Waals surface area (Å²) < 4.78 is 27.6. The molecular formula is C18H17F2N2O+. The molecule has 2 heterocycles. The van der Waals surface area contributed by atoms with Gasteiger partial charge in [0, 0.05) is 12.8 Å². The lowest BCUT2D eigenvalue weighted by molar-refractivity contribution is -0.924. The number of hydrogen-bond donors (Lipinski definition) is 1. The number of fused-ring (bicyclic) bond motifs is 1. The lowest BCUT2D eigenvalue weighted by atomic mass is 10.1. The number of quaternary nitrogens is 1. The molecule has 118 valence electrons. The number of amides is 1. The Morgan fingerprint density at radius 1 is 1.04 bits per heavy atom. The minimum Gasteiger partial charge on any atom is -0.301 e. The van der Waals surface area contributed by atoms with Gasteiger partial charge in [0.25, 0.3) is 5.91 Å². The maximum absolute atomic E-state index is 14.4. The number of carbonyl (C=O) groups excluding carboxylic acids is 1. The number of nitrogens with one attached hydrogen (secondary N) is 1. The van der Waals surface area contributed by atoms with Gasteiger partial charge in [-0.25, -0.2) is 8.78 Å². The van der Waals surface area contributed by atoms with Crippen molar-refractivity contribution < 1.29 is 18.5 Å². The maximum Gasteiger partial charge on any atom is 0.290 e. The van der Waals surface area contributed by atoms with Crippen LogP contribution in [0.25, 0.3) is 0 Å². The first-order valence-corrected chi connectivity index (χ1v) is 7.85. The van der Waals surface area contributed by atoms with Gasteiger partial charge in [-0.05, 0) is 36.4 Å². The zero-order chi connectivity index (χ0) is 16.0. The Kier molecular flexibility index (Phi) is 3.38. The summed E-state index contributed by atoms with van der Waals surface area (Å²) in [5, 5.41) is 0. The zero-order valence-electron chi connectivity index (χ0n) is 12.5. The number of nitrogens with zero attached hydrogens (tertiary/aromatic N) is 1. The normalized spacial score (nSPS) is 26.6. The third-order valence-corrected chi connectivity index (χ3v) is 4.86. The summed E-state index contributed by atoms with van der Waals surface area (Å²) in [6, 6.07) is 12.3. The second-order valence-electron chi connectivity index (χ2n) is 6.13. The Labute approximate surface area is 133 Å². The van der Waals surface area contributed by atoms with Crippen molar-refractivity contribution in [2.45, 2.75) is 25.0 Å². The summed E-state index contributed by atoms with van der Waals surface area (Å²) in [6.45, 7) is 0.840. The van der Waals surface area contributed by atoms with E-state index in [4.69, 9.17) is 0 Å². The van der Waals surface area contributed by atoms with Crippen LogP contribution in [0, 0.1) is 11.6 Å². The van der Waals surface area contributed by atoms with E-state index in [9.17, 15) is 13.6 Å². The van der Waals surface area contributed by atoms with Crippen molar-refractivity contribution in [3.63, 3.8) is 0 Å². The molecule has 0 spiro atoms. The van der Waals surface area contributed by atoms with Crippen molar-refractivity contribution in [1.82, 2.24) is 0 Å². The maximum atomic E-state index is 14.4. The first-order valence-electron chi connectivity index (χ1n) is 7.85. The van der Waals surface area contributed by atoms with E-state index in [-0.39, 0.29) is 29.7 Å². The van der Waals surface area contributed by atoms with Crippen molar-refractivity contribution in [2.24, 2.45) is 0 Å². The second kappa shape index (κ2) is 5.42. The molecule has 5 heteroatoms. The Morgan fingerprint density at radius 2 is 1.78 bits per heavy atom. The number of rotatable bonds is 2. The Morgan fingerprint density at radius 3 is 2.52 bits per heavy atom. The van der Waals surface area contributed by atoms with Crippen LogP contribution < -0.4 is 9.80 Å². The summed E-state index contributed by atoms with van der Waals surface area (Å²) in [7, 11) is 0. The van der Waals surface area contributed by atoms with Crippen molar-refractivity contribution in [3.8, 4) is 0 Å². The van der Waals surface area contributed by atoms with Gasteiger partial charge in [0.05, 0.1) is 17.8 Å². The average molecular weight is 315 g/mol. The summed E-state index contributed by atoms with van der Waals surface area (Å²) in [6.07, 6.45) is 1.40. The Bertz CT molecular complexity index is 747. The molecular weight excluding hydrogens is 298 g/mol. The van der Waals surface area contributed by atoms with E-state index in [2.05, 4.69) is 0 Å². The average Bonchev–Trinajstić information content (AvgIpc) is 3.12. The molecule has 0 radical (unpaired) electrons. The molecule has 4 rings (SSSR count). The van der Waals surface area contributed by atoms with Gasteiger partial charge in [0.2, 0.25) is 0 Å². The monoisotopic (exact) mass is 315 g/mol. The highest BCUT2D eigenvalue weighted by Gasteiger charge is 2.54. The van der Waals surface area contributed by atoms with Crippen LogP contribution in [0.4, 0.5) is 14.5 Å². The molecule has 2 aliphatic heterocycles. The number of hydrogen-bond acceptors (Lipinski definition) is 1. The zero-order valence-corrected chi connectivity index (χ0v) is 12.5. The van der Waals surface area contributed by atoms with Gasteiger partial charge in [-0.2, -0.15) is 0 Å². The van der Waals surface area contributed by atoms with Crippen molar-refractivity contribution in [1.29, 1.82) is 0 Å². The van der Waals surface area contributed by atoms with Crippen molar-refractivity contribution >= 4 is 11.6 Å². The number of halogens is 2. The summed E-state index contributed by atoms with van der Waals surface area (Å²) in [5.74, 6) is -0.662. The molecule has 2 aliphatic rings. The summed E-state index contributed by atoms with van der Waals surface area (Å²) in [5.41, 5.74) is 1.14. The molecule has 2 saturated heterocycles. The predicted octanol–water partition coefficient (Wildman–Crippen LogP) is 2.06. The lowest BCUT2D eigenvalue weighted by Crippen LogP contribution is -3.12. The first kappa shape index (κ1) is 14.3. The minimum absolute atomic E-state index is 0.00244. The molecule has 3 unspecified atom stereocenters. The van der Waals surface area contributed by atoms with Crippen molar-refractivity contribution in [2.75, 3.05) is 11.4 Å². The topological polar surface area (TPSA) is 24.8 Å². The summed E-state index contributed by atoms with van der Waals surface area (Å²) in [4.78, 5) is 15.6. The van der Waals surface area contributed by atoms with E-state index in [1.165, 1.54) is 18.2 Å². The third kappa shape index (κ3) is 2.23. The van der Waals surface area contributed by atoms with Crippen LogP contribution in [0.1, 0.15) is 24.6 Å². The molecule has 2 aromatic carbocycles. The fraction of sp³-hybridized carbons (Fsp3) is 0.278. The minimum atomic E-state index is -0.387. The molecule has 0 aromatic heterocycles. The summed E-state index contributed by atoms with van der Waals surface area (Å²) >= 11 is 0. The van der Waals surface area contributed by atoms with Crippen LogP contribution in [0.15, 0.2) is 48.5 Å². The standard InChI is InChI=1S/C18H16F2N2O/c19-12-7-9-13(10-8-12)22-17(14-4-1-2-5-15(14)20)21-11-3-6-16(21)18(22)23/h1-2,4-5,7-10,16-17H,3,6,11H2/p+1. The van der Waals surface area contributed by atoms with Crippen LogP contribution in [-0.2, 0) is 4.79 Å². The van der Waals surface area contributed by atoms with Gasteiger partial charge in [-0.15, -0.1) is 0 Å². The van der Waals surface area contributed by atoms with Crippen LogP contribution in [0.2, 0.25) is 0 Å². The highest BCUT2D eigenvalue weighted by atomic mass is 19.1.